The molecule has 1 aromatic heterocycles. The molecule has 3 aromatic rings. The van der Waals surface area contributed by atoms with E-state index < -0.39 is 0 Å². The van der Waals surface area contributed by atoms with E-state index in [9.17, 15) is 4.79 Å². The molecule has 0 radical (unpaired) electrons. The maximum absolute atomic E-state index is 12.6. The fraction of sp³-hybridized carbons (Fsp3) is 0.154. The lowest BCUT2D eigenvalue weighted by atomic mass is 10.1. The number of benzene rings is 2. The van der Waals surface area contributed by atoms with Gasteiger partial charge in [-0.25, -0.2) is 4.98 Å². The van der Waals surface area contributed by atoms with E-state index in [-0.39, 0.29) is 12.5 Å². The molecule has 3 rings (SSSR count). The smallest absolute Gasteiger partial charge is 0.240 e. The van der Waals surface area contributed by atoms with Crippen LogP contribution in [-0.4, -0.2) is 29.1 Å². The molecule has 0 aliphatic carbocycles. The molecule has 0 saturated carbocycles. The van der Waals surface area contributed by atoms with Crippen LogP contribution in [0.4, 0.5) is 0 Å². The van der Waals surface area contributed by atoms with Gasteiger partial charge in [0, 0.05) is 23.3 Å². The van der Waals surface area contributed by atoms with Crippen LogP contribution < -0.4 is 10.1 Å². The number of nitrogens with one attached hydrogen (secondary N) is 1. The molecule has 7 heteroatoms. The minimum atomic E-state index is -0.119. The second-order valence-electron chi connectivity index (χ2n) is 7.30. The third kappa shape index (κ3) is 6.85. The van der Waals surface area contributed by atoms with Crippen LogP contribution in [0.2, 0.25) is 10.0 Å². The number of amides is 1. The summed E-state index contributed by atoms with van der Waals surface area (Å²) in [5.74, 6) is 1.29. The molecule has 0 bridgehead atoms. The van der Waals surface area contributed by atoms with Gasteiger partial charge in [-0.2, -0.15) is 0 Å². The molecular weight excluding hydrogens is 457 g/mol. The average molecular weight is 482 g/mol. The molecule has 1 amide bonds. The normalized spacial score (nSPS) is 10.9. The molecule has 0 aliphatic heterocycles. The Labute approximate surface area is 204 Å². The summed E-state index contributed by atoms with van der Waals surface area (Å²) in [6.45, 7) is 8.22. The van der Waals surface area contributed by atoms with E-state index in [1.807, 2.05) is 30.3 Å². The molecule has 1 heterocycles. The van der Waals surface area contributed by atoms with Gasteiger partial charge in [-0.3, -0.25) is 4.79 Å². The van der Waals surface area contributed by atoms with Gasteiger partial charge >= 0.3 is 0 Å². The van der Waals surface area contributed by atoms with Gasteiger partial charge in [-0.05, 0) is 54.0 Å². The number of carbonyl (C=O) groups is 1. The number of imidazole rings is 1. The average Bonchev–Trinajstić information content (AvgIpc) is 3.19. The Balaban J connectivity index is 1.72. The van der Waals surface area contributed by atoms with Crippen molar-refractivity contribution in [3.05, 3.63) is 101 Å². The number of allylic oxidation sites excluding steroid dienone is 3. The number of hydrogen-bond donors (Lipinski definition) is 1. The van der Waals surface area contributed by atoms with Gasteiger partial charge in [0.25, 0.3) is 0 Å². The van der Waals surface area contributed by atoms with Crippen LogP contribution in [0.25, 0.3) is 17.3 Å². The monoisotopic (exact) mass is 481 g/mol. The third-order valence-corrected chi connectivity index (χ3v) is 5.48. The molecule has 33 heavy (non-hydrogen) atoms. The highest BCUT2D eigenvalue weighted by molar-refractivity contribution is 6.36. The van der Waals surface area contributed by atoms with Gasteiger partial charge in [0.1, 0.15) is 18.1 Å². The first-order valence-corrected chi connectivity index (χ1v) is 11.1. The minimum Gasteiger partial charge on any atom is -0.497 e. The zero-order valence-corrected chi connectivity index (χ0v) is 19.9. The molecule has 0 atom stereocenters. The first kappa shape index (κ1) is 24.4. The highest BCUT2D eigenvalue weighted by atomic mass is 35.5. The van der Waals surface area contributed by atoms with Crippen LogP contribution in [0, 0.1) is 0 Å². The van der Waals surface area contributed by atoms with Gasteiger partial charge in [-0.15, -0.1) is 0 Å². The lowest BCUT2D eigenvalue weighted by Gasteiger charge is -2.08. The number of rotatable bonds is 10. The van der Waals surface area contributed by atoms with Crippen LogP contribution in [0.5, 0.6) is 5.75 Å². The summed E-state index contributed by atoms with van der Waals surface area (Å²) in [5.41, 5.74) is 3.23. The van der Waals surface area contributed by atoms with Crippen LogP contribution in [-0.2, 0) is 17.8 Å². The van der Waals surface area contributed by atoms with Gasteiger partial charge in [0.2, 0.25) is 5.91 Å². The predicted octanol–water partition coefficient (Wildman–Crippen LogP) is 5.98. The highest BCUT2D eigenvalue weighted by Gasteiger charge is 2.13. The Bertz CT molecular complexity index is 1180. The highest BCUT2D eigenvalue weighted by Crippen LogP contribution is 2.30. The largest absolute Gasteiger partial charge is 0.497 e. The number of ether oxygens (including phenoxy) is 1. The summed E-state index contributed by atoms with van der Waals surface area (Å²) in [7, 11) is 1.63. The molecular formula is C26H25Cl2N3O2. The Morgan fingerprint density at radius 2 is 1.97 bits per heavy atom. The van der Waals surface area contributed by atoms with Crippen LogP contribution in [0.1, 0.15) is 11.4 Å². The zero-order chi connectivity index (χ0) is 23.8. The molecule has 1 N–H and O–H groups in total. The molecule has 170 valence electrons. The van der Waals surface area contributed by atoms with Crippen molar-refractivity contribution in [2.24, 2.45) is 0 Å². The Hall–Kier alpha value is -3.28. The molecule has 0 saturated heterocycles. The molecule has 0 spiro atoms. The Kier molecular flexibility index (Phi) is 8.52. The van der Waals surface area contributed by atoms with Crippen molar-refractivity contribution in [1.82, 2.24) is 14.9 Å². The summed E-state index contributed by atoms with van der Waals surface area (Å²) in [6.07, 6.45) is 7.75. The minimum absolute atomic E-state index is 0.112. The van der Waals surface area contributed by atoms with Crippen molar-refractivity contribution in [1.29, 1.82) is 0 Å². The Morgan fingerprint density at radius 1 is 1.21 bits per heavy atom. The number of methoxy groups -OCH3 is 1. The van der Waals surface area contributed by atoms with E-state index in [0.29, 0.717) is 28.1 Å². The standard InChI is InChI=1S/C26H25Cl2N3O2/c1-4-18(2)5-12-25-30-24(22-11-8-20(27)15-23(22)28)16-31(25)17-26(32)29-14-13-19-6-9-21(33-3)10-7-19/h4-12,15-16H,1-2,13-14,17H2,3H3,(H,29,32)/b12-5+. The van der Waals surface area contributed by atoms with Crippen LogP contribution >= 0.6 is 23.2 Å². The maximum atomic E-state index is 12.6. The fourth-order valence-corrected chi connectivity index (χ4v) is 3.62. The summed E-state index contributed by atoms with van der Waals surface area (Å²) in [6, 6.07) is 13.0. The SMILES string of the molecule is C=CC(=C)/C=C/c1nc(-c2ccc(Cl)cc2Cl)cn1CC(=O)NCCc1ccc(OC)cc1. The van der Waals surface area contributed by atoms with Gasteiger partial charge in [-0.1, -0.05) is 60.6 Å². The van der Waals surface area contributed by atoms with Crippen molar-refractivity contribution in [3.63, 3.8) is 0 Å². The predicted molar refractivity (Wildman–Crippen MR) is 136 cm³/mol. The number of halogens is 2. The first-order valence-electron chi connectivity index (χ1n) is 10.3. The van der Waals surface area contributed by atoms with Crippen LogP contribution in [0.15, 0.2) is 79.5 Å². The van der Waals surface area contributed by atoms with E-state index in [4.69, 9.17) is 27.9 Å². The number of aromatic nitrogens is 2. The van der Waals surface area contributed by atoms with E-state index in [2.05, 4.69) is 23.5 Å². The lowest BCUT2D eigenvalue weighted by Crippen LogP contribution is -2.29. The third-order valence-electron chi connectivity index (χ3n) is 4.93. The van der Waals surface area contributed by atoms with Crippen molar-refractivity contribution < 1.29 is 9.53 Å². The van der Waals surface area contributed by atoms with E-state index in [0.717, 1.165) is 28.9 Å². The second-order valence-corrected chi connectivity index (χ2v) is 8.14. The quantitative estimate of drug-likeness (QED) is 0.362. The van der Waals surface area contributed by atoms with Gasteiger partial charge < -0.3 is 14.6 Å². The van der Waals surface area contributed by atoms with E-state index >= 15 is 0 Å². The summed E-state index contributed by atoms with van der Waals surface area (Å²) in [5, 5.41) is 3.99. The van der Waals surface area contributed by atoms with Crippen molar-refractivity contribution in [2.75, 3.05) is 13.7 Å². The van der Waals surface area contributed by atoms with E-state index in [1.165, 1.54) is 0 Å². The van der Waals surface area contributed by atoms with Crippen LogP contribution in [0.3, 0.4) is 0 Å². The lowest BCUT2D eigenvalue weighted by molar-refractivity contribution is -0.121. The first-order chi connectivity index (χ1) is 15.9. The summed E-state index contributed by atoms with van der Waals surface area (Å²) < 4.78 is 6.94. The van der Waals surface area contributed by atoms with Crippen molar-refractivity contribution in [2.45, 2.75) is 13.0 Å². The number of carbonyl (C=O) groups excluding carboxylic acids is 1. The number of hydrogen-bond acceptors (Lipinski definition) is 3. The van der Waals surface area contributed by atoms with E-state index in [1.54, 1.807) is 48.2 Å². The zero-order valence-electron chi connectivity index (χ0n) is 18.4. The molecule has 0 fully saturated rings. The van der Waals surface area contributed by atoms with Gasteiger partial charge in [0.05, 0.1) is 17.8 Å². The number of nitrogens with zero attached hydrogens (tertiary/aromatic N) is 2. The second kappa shape index (κ2) is 11.5. The molecule has 0 unspecified atom stereocenters. The summed E-state index contributed by atoms with van der Waals surface area (Å²) >= 11 is 12.4. The van der Waals surface area contributed by atoms with Crippen molar-refractivity contribution >= 4 is 35.2 Å². The van der Waals surface area contributed by atoms with Crippen molar-refractivity contribution in [3.8, 4) is 17.0 Å². The Morgan fingerprint density at radius 3 is 2.64 bits per heavy atom. The topological polar surface area (TPSA) is 56.2 Å². The summed E-state index contributed by atoms with van der Waals surface area (Å²) in [4.78, 5) is 17.3. The fourth-order valence-electron chi connectivity index (χ4n) is 3.12. The maximum Gasteiger partial charge on any atom is 0.240 e. The van der Waals surface area contributed by atoms with Gasteiger partial charge in [0.15, 0.2) is 0 Å². The molecule has 0 aliphatic rings. The molecule has 2 aromatic carbocycles. The molecule has 5 nitrogen and oxygen atoms in total.